The molecule has 1 aromatic rings. The van der Waals surface area contributed by atoms with Crippen molar-refractivity contribution >= 4 is 5.96 Å². The molecule has 3 N–H and O–H groups in total. The zero-order valence-corrected chi connectivity index (χ0v) is 16.5. The molecule has 0 bridgehead atoms. The first kappa shape index (κ1) is 20.7. The largest absolute Gasteiger partial charge is 0.391 e. The molecule has 0 radical (unpaired) electrons. The number of nitrogens with one attached hydrogen (secondary N) is 2. The van der Waals surface area contributed by atoms with E-state index in [-0.39, 0.29) is 0 Å². The van der Waals surface area contributed by atoms with E-state index in [0.29, 0.717) is 13.0 Å². The van der Waals surface area contributed by atoms with Crippen molar-refractivity contribution in [2.45, 2.75) is 45.6 Å². The summed E-state index contributed by atoms with van der Waals surface area (Å²) in [6.45, 7) is 10.2. The average Bonchev–Trinajstić information content (AvgIpc) is 2.65. The van der Waals surface area contributed by atoms with Gasteiger partial charge in [0, 0.05) is 19.5 Å². The summed E-state index contributed by atoms with van der Waals surface area (Å²) in [6.07, 6.45) is 3.96. The minimum absolute atomic E-state index is 0.411. The van der Waals surface area contributed by atoms with Gasteiger partial charge in [0.05, 0.1) is 12.6 Å². The van der Waals surface area contributed by atoms with Crippen LogP contribution in [0.15, 0.2) is 35.3 Å². The molecule has 1 saturated heterocycles. The van der Waals surface area contributed by atoms with Crippen molar-refractivity contribution in [1.29, 1.82) is 0 Å². The van der Waals surface area contributed by atoms with Gasteiger partial charge in [-0.15, -0.1) is 0 Å². The van der Waals surface area contributed by atoms with Crippen LogP contribution >= 0.6 is 0 Å². The van der Waals surface area contributed by atoms with Gasteiger partial charge in [-0.05, 0) is 57.3 Å². The minimum Gasteiger partial charge on any atom is -0.391 e. The Labute approximate surface area is 158 Å². The molecule has 1 aromatic carbocycles. The second-order valence-electron chi connectivity index (χ2n) is 7.37. The number of guanidine groups is 1. The van der Waals surface area contributed by atoms with E-state index < -0.39 is 6.10 Å². The molecule has 1 atom stereocenters. The predicted molar refractivity (Wildman–Crippen MR) is 110 cm³/mol. The molecule has 1 fully saturated rings. The van der Waals surface area contributed by atoms with Crippen LogP contribution < -0.4 is 10.6 Å². The van der Waals surface area contributed by atoms with Crippen LogP contribution in [0.25, 0.3) is 0 Å². The first-order valence-electron chi connectivity index (χ1n) is 10.1. The van der Waals surface area contributed by atoms with Gasteiger partial charge in [0.25, 0.3) is 0 Å². The number of hydrogen-bond acceptors (Lipinski definition) is 3. The molecule has 0 aromatic heterocycles. The smallest absolute Gasteiger partial charge is 0.191 e. The fraction of sp³-hybridized carbons (Fsp3) is 0.667. The minimum atomic E-state index is -0.455. The lowest BCUT2D eigenvalue weighted by atomic mass is 9.99. The van der Waals surface area contributed by atoms with Crippen LogP contribution in [0.5, 0.6) is 0 Å². The number of nitrogens with zero attached hydrogens (tertiary/aromatic N) is 2. The SMILES string of the molecule is CCNC(=NCC(O)Cc1ccccc1)NCCCN1CCC(C)CC1. The van der Waals surface area contributed by atoms with Gasteiger partial charge in [0.15, 0.2) is 5.96 Å². The maximum Gasteiger partial charge on any atom is 0.191 e. The van der Waals surface area contributed by atoms with E-state index in [1.54, 1.807) is 0 Å². The van der Waals surface area contributed by atoms with Gasteiger partial charge in [-0.2, -0.15) is 0 Å². The van der Waals surface area contributed by atoms with Crippen molar-refractivity contribution in [2.75, 3.05) is 39.3 Å². The summed E-state index contributed by atoms with van der Waals surface area (Å²) in [5.41, 5.74) is 1.14. The van der Waals surface area contributed by atoms with Gasteiger partial charge in [-0.3, -0.25) is 4.99 Å². The van der Waals surface area contributed by atoms with Crippen LogP contribution in [0.1, 0.15) is 38.7 Å². The Hall–Kier alpha value is -1.59. The second kappa shape index (κ2) is 11.9. The summed E-state index contributed by atoms with van der Waals surface area (Å²) in [7, 11) is 0. The first-order valence-corrected chi connectivity index (χ1v) is 10.1. The average molecular weight is 361 g/mol. The number of hydrogen-bond donors (Lipinski definition) is 3. The number of rotatable bonds is 9. The molecule has 2 rings (SSSR count). The molecule has 5 nitrogen and oxygen atoms in total. The molecule has 0 amide bonds. The lowest BCUT2D eigenvalue weighted by molar-refractivity contribution is 0.183. The lowest BCUT2D eigenvalue weighted by Gasteiger charge is -2.30. The molecule has 0 spiro atoms. The van der Waals surface area contributed by atoms with Gasteiger partial charge in [-0.1, -0.05) is 37.3 Å². The summed E-state index contributed by atoms with van der Waals surface area (Å²) in [6, 6.07) is 10.1. The van der Waals surface area contributed by atoms with E-state index >= 15 is 0 Å². The fourth-order valence-corrected chi connectivity index (χ4v) is 3.28. The van der Waals surface area contributed by atoms with Crippen LogP contribution in [-0.2, 0) is 6.42 Å². The maximum atomic E-state index is 10.2. The molecule has 0 aliphatic carbocycles. The highest BCUT2D eigenvalue weighted by Gasteiger charge is 2.14. The Morgan fingerprint density at radius 1 is 1.23 bits per heavy atom. The molecule has 146 valence electrons. The van der Waals surface area contributed by atoms with Crippen LogP contribution in [-0.4, -0.2) is 61.3 Å². The van der Waals surface area contributed by atoms with E-state index in [1.807, 2.05) is 30.3 Å². The molecule has 1 heterocycles. The maximum absolute atomic E-state index is 10.2. The molecule has 1 aliphatic rings. The molecular weight excluding hydrogens is 324 g/mol. The van der Waals surface area contributed by atoms with Crippen molar-refractivity contribution in [3.63, 3.8) is 0 Å². The summed E-state index contributed by atoms with van der Waals surface area (Å²) in [5, 5.41) is 16.9. The summed E-state index contributed by atoms with van der Waals surface area (Å²) >= 11 is 0. The Morgan fingerprint density at radius 3 is 2.65 bits per heavy atom. The fourth-order valence-electron chi connectivity index (χ4n) is 3.28. The molecule has 1 aliphatic heterocycles. The van der Waals surface area contributed by atoms with Crippen LogP contribution in [0.4, 0.5) is 0 Å². The topological polar surface area (TPSA) is 59.9 Å². The van der Waals surface area contributed by atoms with Gasteiger partial charge >= 0.3 is 0 Å². The Morgan fingerprint density at radius 2 is 1.96 bits per heavy atom. The number of piperidine rings is 1. The number of benzene rings is 1. The van der Waals surface area contributed by atoms with Crippen molar-refractivity contribution in [3.8, 4) is 0 Å². The van der Waals surface area contributed by atoms with Crippen LogP contribution in [0, 0.1) is 5.92 Å². The highest BCUT2D eigenvalue weighted by molar-refractivity contribution is 5.79. The predicted octanol–water partition coefficient (Wildman–Crippen LogP) is 2.27. The van der Waals surface area contributed by atoms with Crippen molar-refractivity contribution in [1.82, 2.24) is 15.5 Å². The summed E-state index contributed by atoms with van der Waals surface area (Å²) in [5.74, 6) is 1.69. The molecular formula is C21H36N4O. The van der Waals surface area contributed by atoms with E-state index in [2.05, 4.69) is 34.4 Å². The third kappa shape index (κ3) is 8.19. The van der Waals surface area contributed by atoms with Crippen molar-refractivity contribution < 1.29 is 5.11 Å². The monoisotopic (exact) mass is 360 g/mol. The van der Waals surface area contributed by atoms with Crippen LogP contribution in [0.2, 0.25) is 0 Å². The van der Waals surface area contributed by atoms with E-state index in [9.17, 15) is 5.11 Å². The van der Waals surface area contributed by atoms with Crippen molar-refractivity contribution in [2.24, 2.45) is 10.9 Å². The Kier molecular flexibility index (Phi) is 9.50. The normalized spacial score (nSPS) is 17.9. The Bertz CT molecular complexity index is 512. The molecule has 0 saturated carbocycles. The zero-order chi connectivity index (χ0) is 18.6. The lowest BCUT2D eigenvalue weighted by Crippen LogP contribution is -2.40. The Balaban J connectivity index is 1.67. The third-order valence-electron chi connectivity index (χ3n) is 4.94. The van der Waals surface area contributed by atoms with Gasteiger partial charge in [0.2, 0.25) is 0 Å². The van der Waals surface area contributed by atoms with E-state index in [1.165, 1.54) is 25.9 Å². The summed E-state index contributed by atoms with van der Waals surface area (Å²) in [4.78, 5) is 7.10. The standard InChI is InChI=1S/C21H36N4O/c1-3-22-21(23-12-7-13-25-14-10-18(2)11-15-25)24-17-20(26)16-19-8-5-4-6-9-19/h4-6,8-9,18,20,26H,3,7,10-17H2,1-2H3,(H2,22,23,24). The molecule has 5 heteroatoms. The highest BCUT2D eigenvalue weighted by atomic mass is 16.3. The van der Waals surface area contributed by atoms with Gasteiger partial charge in [-0.25, -0.2) is 0 Å². The number of aliphatic hydroxyl groups is 1. The highest BCUT2D eigenvalue weighted by Crippen LogP contribution is 2.15. The quantitative estimate of drug-likeness (QED) is 0.359. The first-order chi connectivity index (χ1) is 12.7. The number of aliphatic imine (C=N–C) groups is 1. The van der Waals surface area contributed by atoms with Gasteiger partial charge < -0.3 is 20.6 Å². The second-order valence-corrected chi connectivity index (χ2v) is 7.37. The van der Waals surface area contributed by atoms with Crippen molar-refractivity contribution in [3.05, 3.63) is 35.9 Å². The number of aliphatic hydroxyl groups excluding tert-OH is 1. The number of likely N-dealkylation sites (tertiary alicyclic amines) is 1. The third-order valence-corrected chi connectivity index (χ3v) is 4.94. The summed E-state index contributed by atoms with van der Waals surface area (Å²) < 4.78 is 0. The van der Waals surface area contributed by atoms with Gasteiger partial charge in [0.1, 0.15) is 0 Å². The zero-order valence-electron chi connectivity index (χ0n) is 16.5. The molecule has 26 heavy (non-hydrogen) atoms. The molecule has 1 unspecified atom stereocenters. The van der Waals surface area contributed by atoms with E-state index in [4.69, 9.17) is 0 Å². The van der Waals surface area contributed by atoms with Crippen LogP contribution in [0.3, 0.4) is 0 Å². The van der Waals surface area contributed by atoms with E-state index in [0.717, 1.165) is 43.5 Å².